The van der Waals surface area contributed by atoms with E-state index >= 15 is 0 Å². The molecule has 0 N–H and O–H groups in total. The van der Waals surface area contributed by atoms with E-state index in [1.54, 1.807) is 33.9 Å². The number of hydrogen-bond acceptors (Lipinski definition) is 8. The Morgan fingerprint density at radius 2 is 1.62 bits per heavy atom. The Balaban J connectivity index is 1.60. The average Bonchev–Trinajstić information content (AvgIpc) is 3.57. The second-order valence-corrected chi connectivity index (χ2v) is 8.81. The average molecular weight is 500 g/mol. The van der Waals surface area contributed by atoms with Crippen molar-refractivity contribution >= 4 is 16.9 Å². The van der Waals surface area contributed by atoms with Gasteiger partial charge in [0.15, 0.2) is 17.1 Å². The third kappa shape index (κ3) is 4.80. The highest BCUT2D eigenvalue weighted by atomic mass is 16.5. The maximum atomic E-state index is 5.69. The number of hydrogen-bond donors (Lipinski definition) is 0. The summed E-state index contributed by atoms with van der Waals surface area (Å²) in [6, 6.07) is 14.0. The fraction of sp³-hybridized carbons (Fsp3) is 0.250. The van der Waals surface area contributed by atoms with Gasteiger partial charge in [-0.25, -0.2) is 14.6 Å². The molecule has 3 aromatic heterocycles. The van der Waals surface area contributed by atoms with Crippen molar-refractivity contribution in [1.82, 2.24) is 19.7 Å². The molecular weight excluding hydrogens is 470 g/mol. The van der Waals surface area contributed by atoms with Gasteiger partial charge in [-0.3, -0.25) is 0 Å². The molecule has 0 aliphatic rings. The van der Waals surface area contributed by atoms with E-state index in [0.717, 1.165) is 45.0 Å². The van der Waals surface area contributed by atoms with Crippen LogP contribution in [-0.2, 0) is 13.1 Å². The summed E-state index contributed by atoms with van der Waals surface area (Å²) in [6.45, 7) is 5.14. The lowest BCUT2D eigenvalue weighted by atomic mass is 10.1. The van der Waals surface area contributed by atoms with Gasteiger partial charge in [0.05, 0.1) is 51.4 Å². The van der Waals surface area contributed by atoms with Crippen molar-refractivity contribution in [3.63, 3.8) is 0 Å². The first-order valence-corrected chi connectivity index (χ1v) is 11.8. The second-order valence-electron chi connectivity index (χ2n) is 8.81. The molecule has 5 aromatic rings. The van der Waals surface area contributed by atoms with Crippen molar-refractivity contribution in [1.29, 1.82) is 0 Å². The van der Waals surface area contributed by atoms with Crippen molar-refractivity contribution < 1.29 is 18.6 Å². The third-order valence-electron chi connectivity index (χ3n) is 6.12. The quantitative estimate of drug-likeness (QED) is 0.271. The number of methoxy groups -OCH3 is 3. The lowest BCUT2D eigenvalue weighted by Gasteiger charge is -2.24. The van der Waals surface area contributed by atoms with E-state index < -0.39 is 0 Å². The highest BCUT2D eigenvalue weighted by molar-refractivity contribution is 5.87. The highest BCUT2D eigenvalue weighted by Crippen LogP contribution is 2.39. The Bertz CT molecular complexity index is 1480. The molecule has 3 heterocycles. The van der Waals surface area contributed by atoms with Crippen LogP contribution in [0.25, 0.3) is 16.7 Å². The van der Waals surface area contributed by atoms with Gasteiger partial charge in [0.25, 0.3) is 0 Å². The monoisotopic (exact) mass is 499 g/mol. The van der Waals surface area contributed by atoms with E-state index in [4.69, 9.17) is 18.6 Å². The van der Waals surface area contributed by atoms with Crippen molar-refractivity contribution in [2.75, 3.05) is 26.2 Å². The standard InChI is InChI=1S/C28H29N5O4/c1-18-9-19(2)11-21(10-18)33-28-23(14-31-33)27(29-17-30-28)32(16-22-7-6-8-37-22)15-20-12-24(34-3)26(36-5)25(13-20)35-4/h6-14,17H,15-16H2,1-5H3. The van der Waals surface area contributed by atoms with Gasteiger partial charge in [0.1, 0.15) is 17.9 Å². The number of rotatable bonds is 9. The van der Waals surface area contributed by atoms with E-state index in [1.807, 2.05) is 35.1 Å². The molecule has 0 radical (unpaired) electrons. The molecule has 0 bridgehead atoms. The van der Waals surface area contributed by atoms with Crippen LogP contribution < -0.4 is 19.1 Å². The Morgan fingerprint density at radius 3 is 2.24 bits per heavy atom. The number of anilines is 1. The van der Waals surface area contributed by atoms with Crippen molar-refractivity contribution in [2.45, 2.75) is 26.9 Å². The molecule has 2 aromatic carbocycles. The molecule has 0 saturated carbocycles. The van der Waals surface area contributed by atoms with Crippen LogP contribution in [0.15, 0.2) is 65.7 Å². The first kappa shape index (κ1) is 24.2. The van der Waals surface area contributed by atoms with E-state index in [0.29, 0.717) is 30.3 Å². The van der Waals surface area contributed by atoms with Gasteiger partial charge in [-0.05, 0) is 66.9 Å². The molecule has 9 nitrogen and oxygen atoms in total. The van der Waals surface area contributed by atoms with Gasteiger partial charge < -0.3 is 23.5 Å². The molecule has 0 fully saturated rings. The molecule has 5 rings (SSSR count). The highest BCUT2D eigenvalue weighted by Gasteiger charge is 2.21. The summed E-state index contributed by atoms with van der Waals surface area (Å²) >= 11 is 0. The summed E-state index contributed by atoms with van der Waals surface area (Å²) in [4.78, 5) is 11.4. The van der Waals surface area contributed by atoms with E-state index in [2.05, 4.69) is 52.0 Å². The molecule has 0 aliphatic heterocycles. The van der Waals surface area contributed by atoms with E-state index in [-0.39, 0.29) is 0 Å². The summed E-state index contributed by atoms with van der Waals surface area (Å²) in [6.07, 6.45) is 5.05. The predicted molar refractivity (Wildman–Crippen MR) is 141 cm³/mol. The van der Waals surface area contributed by atoms with Gasteiger partial charge >= 0.3 is 0 Å². The van der Waals surface area contributed by atoms with Crippen molar-refractivity contribution in [3.05, 3.63) is 83.7 Å². The van der Waals surface area contributed by atoms with Crippen LogP contribution in [0.3, 0.4) is 0 Å². The van der Waals surface area contributed by atoms with Gasteiger partial charge in [0.2, 0.25) is 5.75 Å². The zero-order chi connectivity index (χ0) is 25.9. The van der Waals surface area contributed by atoms with Crippen molar-refractivity contribution in [3.8, 4) is 22.9 Å². The van der Waals surface area contributed by atoms with Crippen LogP contribution in [0.1, 0.15) is 22.5 Å². The molecular formula is C28H29N5O4. The van der Waals surface area contributed by atoms with Gasteiger partial charge in [0, 0.05) is 6.54 Å². The molecule has 0 amide bonds. The maximum absolute atomic E-state index is 5.69. The number of fused-ring (bicyclic) bond motifs is 1. The normalized spacial score (nSPS) is 11.1. The molecule has 0 atom stereocenters. The lowest BCUT2D eigenvalue weighted by Crippen LogP contribution is -2.23. The zero-order valence-electron chi connectivity index (χ0n) is 21.6. The minimum atomic E-state index is 0.491. The Morgan fingerprint density at radius 1 is 0.892 bits per heavy atom. The Kier molecular flexibility index (Phi) is 6.68. The van der Waals surface area contributed by atoms with Gasteiger partial charge in [-0.15, -0.1) is 0 Å². The molecule has 0 saturated heterocycles. The van der Waals surface area contributed by atoms with Gasteiger partial charge in [-0.2, -0.15) is 5.10 Å². The molecule has 0 unspecified atom stereocenters. The minimum Gasteiger partial charge on any atom is -0.493 e. The molecule has 0 spiro atoms. The maximum Gasteiger partial charge on any atom is 0.203 e. The summed E-state index contributed by atoms with van der Waals surface area (Å²) in [7, 11) is 4.81. The largest absolute Gasteiger partial charge is 0.493 e. The Labute approximate surface area is 215 Å². The van der Waals surface area contributed by atoms with Gasteiger partial charge in [-0.1, -0.05) is 6.07 Å². The second kappa shape index (κ2) is 10.2. The molecule has 9 heteroatoms. The number of aryl methyl sites for hydroxylation is 2. The first-order valence-electron chi connectivity index (χ1n) is 11.8. The summed E-state index contributed by atoms with van der Waals surface area (Å²) in [5.41, 5.74) is 4.96. The number of benzene rings is 2. The first-order chi connectivity index (χ1) is 18.0. The Hall–Kier alpha value is -4.53. The zero-order valence-corrected chi connectivity index (χ0v) is 21.6. The van der Waals surface area contributed by atoms with Crippen LogP contribution in [0.2, 0.25) is 0 Å². The number of ether oxygens (including phenoxy) is 3. The number of nitrogens with zero attached hydrogens (tertiary/aromatic N) is 5. The topological polar surface area (TPSA) is 87.7 Å². The van der Waals surface area contributed by atoms with Crippen LogP contribution in [0.4, 0.5) is 5.82 Å². The van der Waals surface area contributed by atoms with Crippen LogP contribution >= 0.6 is 0 Å². The van der Waals surface area contributed by atoms with Crippen LogP contribution in [0.5, 0.6) is 17.2 Å². The summed E-state index contributed by atoms with van der Waals surface area (Å²) in [5.74, 6) is 3.27. The smallest absolute Gasteiger partial charge is 0.203 e. The SMILES string of the molecule is COc1cc(CN(Cc2ccco2)c2ncnc3c2cnn3-c2cc(C)cc(C)c2)cc(OC)c1OC. The van der Waals surface area contributed by atoms with Crippen LogP contribution in [0, 0.1) is 13.8 Å². The van der Waals surface area contributed by atoms with Crippen LogP contribution in [-0.4, -0.2) is 41.1 Å². The molecule has 190 valence electrons. The van der Waals surface area contributed by atoms with E-state index in [9.17, 15) is 0 Å². The number of aromatic nitrogens is 4. The molecule has 37 heavy (non-hydrogen) atoms. The minimum absolute atomic E-state index is 0.491. The summed E-state index contributed by atoms with van der Waals surface area (Å²) in [5, 5.41) is 5.51. The summed E-state index contributed by atoms with van der Waals surface area (Å²) < 4.78 is 24.2. The van der Waals surface area contributed by atoms with Crippen molar-refractivity contribution in [2.24, 2.45) is 0 Å². The fourth-order valence-corrected chi connectivity index (χ4v) is 4.59. The van der Waals surface area contributed by atoms with E-state index in [1.165, 1.54) is 0 Å². The fourth-order valence-electron chi connectivity index (χ4n) is 4.59. The predicted octanol–water partition coefficient (Wildman–Crippen LogP) is 5.26. The lowest BCUT2D eigenvalue weighted by molar-refractivity contribution is 0.323. The number of furan rings is 1. The third-order valence-corrected chi connectivity index (χ3v) is 6.12. The molecule has 0 aliphatic carbocycles.